The highest BCUT2D eigenvalue weighted by molar-refractivity contribution is 5.91. The fraction of sp³-hybridized carbons (Fsp3) is 0.162. The predicted molar refractivity (Wildman–Crippen MR) is 334 cm³/mol. The number of rotatable bonds is 28. The summed E-state index contributed by atoms with van der Waals surface area (Å²) in [4.78, 5) is 98.0. The van der Waals surface area contributed by atoms with Gasteiger partial charge in [-0.15, -0.1) is 0 Å². The summed E-state index contributed by atoms with van der Waals surface area (Å²) in [6, 6.07) is 56.6. The van der Waals surface area contributed by atoms with Gasteiger partial charge in [0.2, 0.25) is 0 Å². The number of carboxylic acids is 8. The van der Waals surface area contributed by atoms with Crippen molar-refractivity contribution in [3.63, 3.8) is 0 Å². The molecule has 0 saturated carbocycles. The maximum atomic E-state index is 12.3. The van der Waals surface area contributed by atoms with Gasteiger partial charge < -0.3 is 40.9 Å². The van der Waals surface area contributed by atoms with E-state index in [1.54, 1.807) is 97.1 Å². The van der Waals surface area contributed by atoms with Crippen LogP contribution in [0.4, 0.5) is 0 Å². The molecule has 0 amide bonds. The zero-order valence-electron chi connectivity index (χ0n) is 48.4. The number of hydrogen-bond acceptors (Lipinski definition) is 8. The zero-order chi connectivity index (χ0) is 64.2. The minimum absolute atomic E-state index is 0.0617. The molecule has 0 spiro atoms. The van der Waals surface area contributed by atoms with Crippen LogP contribution in [0.2, 0.25) is 0 Å². The molecule has 8 N–H and O–H groups in total. The van der Waals surface area contributed by atoms with Gasteiger partial charge in [-0.2, -0.15) is 0 Å². The highest BCUT2D eigenvalue weighted by atomic mass is 16.4. The Hall–Kier alpha value is -11.3. The molecular weight excluding hydrogens is 1140 g/mol. The van der Waals surface area contributed by atoms with Crippen LogP contribution >= 0.6 is 0 Å². The first-order chi connectivity index (χ1) is 43.1. The first-order valence-electron chi connectivity index (χ1n) is 28.9. The number of benzene rings is 9. The molecule has 0 fully saturated rings. The molecule has 0 aliphatic heterocycles. The molecule has 9 aromatic rings. The van der Waals surface area contributed by atoms with Crippen molar-refractivity contribution in [1.82, 2.24) is 0 Å². The lowest BCUT2D eigenvalue weighted by molar-refractivity contribution is 0.0686. The van der Waals surface area contributed by atoms with Gasteiger partial charge >= 0.3 is 47.8 Å². The monoisotopic (exact) mass is 1210 g/mol. The second kappa shape index (κ2) is 28.5. The minimum Gasteiger partial charge on any atom is -0.478 e. The lowest BCUT2D eigenvalue weighted by Gasteiger charge is -2.33. The van der Waals surface area contributed by atoms with Crippen LogP contribution in [0.25, 0.3) is 0 Å². The van der Waals surface area contributed by atoms with Gasteiger partial charge in [-0.3, -0.25) is 0 Å². The average Bonchev–Trinajstić information content (AvgIpc) is 0.820. The van der Waals surface area contributed by atoms with Gasteiger partial charge in [0.25, 0.3) is 0 Å². The summed E-state index contributed by atoms with van der Waals surface area (Å²) < 4.78 is 0. The number of carboxylic acid groups (broad SMARTS) is 8. The van der Waals surface area contributed by atoms with E-state index in [4.69, 9.17) is 0 Å². The fourth-order valence-corrected chi connectivity index (χ4v) is 11.8. The third kappa shape index (κ3) is 16.2. The standard InChI is InChI=1S/C74H62O16/c75-67(76)51-17-1-43(2-18-51)33-59(34-44-3-19-52(20-4-44)68(77)78)63-41-65(61(37-47-9-25-55(26-10-47)71(83)84)38-48-11-27-56(28-12-48)72(85)86)66(62(39-49-13-29-57(30-14-49)73(87)88)40-50-15-31-58(32-16-50)74(89)90)42-64(63)60(35-45-5-21-53(22-6-45)69(79)80)36-46-7-23-54(24-8-46)70(81)82/h1-32,41-42,59-62H,33-40H2,(H,75,76)(H,77,78)(H,79,80)(H,81,82)(H,83,84)(H,85,86)(H,87,88)(H,89,90). The molecule has 16 nitrogen and oxygen atoms in total. The first-order valence-corrected chi connectivity index (χ1v) is 28.9. The maximum absolute atomic E-state index is 12.3. The molecule has 0 heterocycles. The van der Waals surface area contributed by atoms with Crippen LogP contribution in [0.1, 0.15) is 173 Å². The van der Waals surface area contributed by atoms with E-state index in [0.29, 0.717) is 51.4 Å². The van der Waals surface area contributed by atoms with Gasteiger partial charge in [0, 0.05) is 0 Å². The third-order valence-electron chi connectivity index (χ3n) is 16.5. The van der Waals surface area contributed by atoms with Gasteiger partial charge in [0.15, 0.2) is 0 Å². The fourth-order valence-electron chi connectivity index (χ4n) is 11.8. The molecule has 9 aromatic carbocycles. The Kier molecular flexibility index (Phi) is 20.0. The summed E-state index contributed by atoms with van der Waals surface area (Å²) >= 11 is 0. The number of aromatic carboxylic acids is 8. The molecule has 16 heteroatoms. The first kappa shape index (κ1) is 63.2. The molecule has 454 valence electrons. The average molecular weight is 1210 g/mol. The smallest absolute Gasteiger partial charge is 0.335 e. The normalized spacial score (nSPS) is 11.2. The lowest BCUT2D eigenvalue weighted by atomic mass is 9.71. The van der Waals surface area contributed by atoms with Crippen molar-refractivity contribution >= 4 is 47.8 Å². The van der Waals surface area contributed by atoms with E-state index in [1.165, 1.54) is 97.1 Å². The lowest BCUT2D eigenvalue weighted by Crippen LogP contribution is -2.21. The molecule has 9 rings (SSSR count). The van der Waals surface area contributed by atoms with Crippen molar-refractivity contribution < 1.29 is 79.2 Å². The van der Waals surface area contributed by atoms with Crippen LogP contribution in [0, 0.1) is 0 Å². The van der Waals surface area contributed by atoms with Crippen LogP contribution in [0.5, 0.6) is 0 Å². The van der Waals surface area contributed by atoms with Crippen LogP contribution in [-0.4, -0.2) is 88.6 Å². The van der Waals surface area contributed by atoms with Crippen molar-refractivity contribution in [2.75, 3.05) is 0 Å². The molecule has 0 atom stereocenters. The quantitative estimate of drug-likeness (QED) is 0.0226. The van der Waals surface area contributed by atoms with Crippen molar-refractivity contribution in [3.05, 3.63) is 318 Å². The summed E-state index contributed by atoms with van der Waals surface area (Å²) in [6.07, 6.45) is 2.39. The SMILES string of the molecule is O=C(O)c1ccc(CC(Cc2ccc(C(=O)O)cc2)c2cc(C(Cc3ccc(C(=O)O)cc3)Cc3ccc(C(=O)O)cc3)c(C(Cc3ccc(C(=O)O)cc3)Cc3ccc(C(=O)O)cc3)cc2C(Cc2ccc(C(=O)O)cc2)Cc2ccc(C(=O)O)cc2)cc1. The van der Waals surface area contributed by atoms with Crippen LogP contribution in [0.15, 0.2) is 206 Å². The van der Waals surface area contributed by atoms with E-state index in [9.17, 15) is 79.2 Å². The molecular formula is C74H62O16. The Morgan fingerprint density at radius 2 is 0.289 bits per heavy atom. The van der Waals surface area contributed by atoms with Crippen molar-refractivity contribution in [2.24, 2.45) is 0 Å². The second-order valence-corrected chi connectivity index (χ2v) is 22.5. The molecule has 0 radical (unpaired) electrons. The molecule has 90 heavy (non-hydrogen) atoms. The van der Waals surface area contributed by atoms with E-state index in [1.807, 2.05) is 0 Å². The Balaban J connectivity index is 1.40. The van der Waals surface area contributed by atoms with E-state index in [2.05, 4.69) is 12.1 Å². The minimum atomic E-state index is -1.12. The Bertz CT molecular complexity index is 3330. The van der Waals surface area contributed by atoms with E-state index >= 15 is 0 Å². The number of carbonyl (C=O) groups is 8. The largest absolute Gasteiger partial charge is 0.478 e. The van der Waals surface area contributed by atoms with Gasteiger partial charge in [-0.1, -0.05) is 109 Å². The summed E-state index contributed by atoms with van der Waals surface area (Å²) in [7, 11) is 0. The topological polar surface area (TPSA) is 298 Å². The van der Waals surface area contributed by atoms with Gasteiger partial charge in [0.1, 0.15) is 0 Å². The van der Waals surface area contributed by atoms with Crippen LogP contribution in [-0.2, 0) is 51.4 Å². The molecule has 0 saturated heterocycles. The van der Waals surface area contributed by atoms with Crippen molar-refractivity contribution in [3.8, 4) is 0 Å². The molecule has 0 aliphatic carbocycles. The van der Waals surface area contributed by atoms with E-state index in [0.717, 1.165) is 66.8 Å². The molecule has 0 unspecified atom stereocenters. The summed E-state index contributed by atoms with van der Waals surface area (Å²) in [5, 5.41) is 80.1. The third-order valence-corrected chi connectivity index (χ3v) is 16.5. The summed E-state index contributed by atoms with van der Waals surface area (Å²) in [6.45, 7) is 0. The number of hydrogen-bond donors (Lipinski definition) is 8. The Morgan fingerprint density at radius 1 is 0.189 bits per heavy atom. The summed E-state index contributed by atoms with van der Waals surface area (Å²) in [5.41, 5.74) is 9.83. The van der Waals surface area contributed by atoms with Gasteiger partial charge in [0.05, 0.1) is 44.5 Å². The maximum Gasteiger partial charge on any atom is 0.335 e. The second-order valence-electron chi connectivity index (χ2n) is 22.5. The highest BCUT2D eigenvalue weighted by Gasteiger charge is 2.31. The van der Waals surface area contributed by atoms with Gasteiger partial charge in [-0.25, -0.2) is 38.4 Å². The zero-order valence-corrected chi connectivity index (χ0v) is 48.4. The molecule has 0 bridgehead atoms. The highest BCUT2D eigenvalue weighted by Crippen LogP contribution is 2.44. The summed E-state index contributed by atoms with van der Waals surface area (Å²) in [5.74, 6) is -11.0. The van der Waals surface area contributed by atoms with Crippen molar-refractivity contribution in [1.29, 1.82) is 0 Å². The van der Waals surface area contributed by atoms with Crippen LogP contribution in [0.3, 0.4) is 0 Å². The van der Waals surface area contributed by atoms with Gasteiger partial charge in [-0.05, 0) is 239 Å². The molecule has 0 aromatic heterocycles. The van der Waals surface area contributed by atoms with Crippen molar-refractivity contribution in [2.45, 2.75) is 75.0 Å². The van der Waals surface area contributed by atoms with E-state index < -0.39 is 71.4 Å². The molecule has 0 aliphatic rings. The predicted octanol–water partition coefficient (Wildman–Crippen LogP) is 13.5. The van der Waals surface area contributed by atoms with E-state index in [-0.39, 0.29) is 44.5 Å². The Labute approximate surface area is 517 Å². The van der Waals surface area contributed by atoms with Crippen LogP contribution < -0.4 is 0 Å². The Morgan fingerprint density at radius 3 is 0.378 bits per heavy atom.